The van der Waals surface area contributed by atoms with Crippen molar-refractivity contribution in [2.75, 3.05) is 6.54 Å². The van der Waals surface area contributed by atoms with Crippen LogP contribution >= 0.6 is 0 Å². The lowest BCUT2D eigenvalue weighted by molar-refractivity contribution is -0.130. The van der Waals surface area contributed by atoms with E-state index < -0.39 is 17.7 Å². The molecule has 1 N–H and O–H groups in total. The van der Waals surface area contributed by atoms with Crippen LogP contribution < -0.4 is 0 Å². The molecule has 1 heterocycles. The van der Waals surface area contributed by atoms with Gasteiger partial charge in [-0.1, -0.05) is 69.2 Å². The van der Waals surface area contributed by atoms with Crippen molar-refractivity contribution in [1.29, 1.82) is 0 Å². The summed E-state index contributed by atoms with van der Waals surface area (Å²) in [5.74, 6) is -1.52. The second-order valence-corrected chi connectivity index (χ2v) is 9.52. The number of nitrogens with zero attached hydrogens (tertiary/aromatic N) is 1. The van der Waals surface area contributed by atoms with Gasteiger partial charge in [0.05, 0.1) is 11.6 Å². The van der Waals surface area contributed by atoms with Gasteiger partial charge in [-0.3, -0.25) is 9.59 Å². The van der Waals surface area contributed by atoms with E-state index in [4.69, 9.17) is 0 Å². The summed E-state index contributed by atoms with van der Waals surface area (Å²) in [6, 6.07) is 15.3. The molecule has 1 fully saturated rings. The monoisotopic (exact) mass is 435 g/mol. The number of hydrogen-bond acceptors (Lipinski definition) is 3. The van der Waals surface area contributed by atoms with Gasteiger partial charge in [-0.25, -0.2) is 4.39 Å². The standard InChI is InChI=1S/C27H30FNO3/c1-18(2)16-22(30)23-24(19-10-12-21(28)13-11-19)29(26(32)25(23)31)17-27(14-6-7-15-27)20-8-4-3-5-9-20/h3-5,8-13,18,24,31H,6-7,14-17H2,1-2H3. The second-order valence-electron chi connectivity index (χ2n) is 9.52. The molecule has 1 aliphatic carbocycles. The first-order chi connectivity index (χ1) is 15.3. The zero-order valence-corrected chi connectivity index (χ0v) is 18.7. The summed E-state index contributed by atoms with van der Waals surface area (Å²) in [6.07, 6.45) is 4.25. The van der Waals surface area contributed by atoms with Crippen LogP contribution in [0.4, 0.5) is 4.39 Å². The predicted molar refractivity (Wildman–Crippen MR) is 122 cm³/mol. The largest absolute Gasteiger partial charge is 0.503 e. The number of aliphatic hydroxyl groups is 1. The zero-order chi connectivity index (χ0) is 22.9. The van der Waals surface area contributed by atoms with Gasteiger partial charge in [0.25, 0.3) is 5.91 Å². The Morgan fingerprint density at radius 2 is 1.72 bits per heavy atom. The number of halogens is 1. The summed E-state index contributed by atoms with van der Waals surface area (Å²) in [4.78, 5) is 28.1. The van der Waals surface area contributed by atoms with Crippen molar-refractivity contribution in [3.63, 3.8) is 0 Å². The molecule has 2 aliphatic rings. The number of amides is 1. The van der Waals surface area contributed by atoms with E-state index in [1.54, 1.807) is 17.0 Å². The van der Waals surface area contributed by atoms with Crippen molar-refractivity contribution >= 4 is 11.7 Å². The molecule has 0 bridgehead atoms. The molecule has 1 saturated carbocycles. The van der Waals surface area contributed by atoms with Crippen molar-refractivity contribution < 1.29 is 19.1 Å². The summed E-state index contributed by atoms with van der Waals surface area (Å²) in [5, 5.41) is 10.8. The molecule has 1 amide bonds. The third kappa shape index (κ3) is 4.08. The maximum absolute atomic E-state index is 13.7. The van der Waals surface area contributed by atoms with E-state index in [1.807, 2.05) is 32.0 Å². The smallest absolute Gasteiger partial charge is 0.290 e. The van der Waals surface area contributed by atoms with Crippen molar-refractivity contribution in [2.24, 2.45) is 5.92 Å². The van der Waals surface area contributed by atoms with Crippen LogP contribution in [0.3, 0.4) is 0 Å². The Hall–Kier alpha value is -2.95. The van der Waals surface area contributed by atoms with Crippen LogP contribution in [0, 0.1) is 11.7 Å². The molecule has 1 aliphatic heterocycles. The lowest BCUT2D eigenvalue weighted by Crippen LogP contribution is -2.42. The van der Waals surface area contributed by atoms with Gasteiger partial charge in [0.1, 0.15) is 5.82 Å². The van der Waals surface area contributed by atoms with Crippen LogP contribution in [-0.4, -0.2) is 28.2 Å². The van der Waals surface area contributed by atoms with Gasteiger partial charge in [-0.05, 0) is 42.0 Å². The van der Waals surface area contributed by atoms with Crippen molar-refractivity contribution in [3.05, 3.63) is 82.9 Å². The third-order valence-corrected chi connectivity index (χ3v) is 6.80. The van der Waals surface area contributed by atoms with E-state index in [0.717, 1.165) is 25.7 Å². The van der Waals surface area contributed by atoms with E-state index in [1.165, 1.54) is 17.7 Å². The van der Waals surface area contributed by atoms with E-state index in [9.17, 15) is 19.1 Å². The molecule has 4 rings (SSSR count). The number of rotatable bonds is 7. The van der Waals surface area contributed by atoms with Crippen LogP contribution in [-0.2, 0) is 15.0 Å². The molecule has 1 unspecified atom stereocenters. The van der Waals surface area contributed by atoms with Crippen LogP contribution in [0.15, 0.2) is 65.9 Å². The van der Waals surface area contributed by atoms with Gasteiger partial charge >= 0.3 is 0 Å². The number of aliphatic hydroxyl groups excluding tert-OH is 1. The summed E-state index contributed by atoms with van der Waals surface area (Å²) in [6.45, 7) is 4.26. The van der Waals surface area contributed by atoms with Gasteiger partial charge in [0, 0.05) is 18.4 Å². The molecule has 2 aromatic carbocycles. The number of carbonyl (C=O) groups is 2. The highest BCUT2D eigenvalue weighted by molar-refractivity contribution is 6.09. The Bertz CT molecular complexity index is 1020. The molecule has 0 radical (unpaired) electrons. The molecule has 4 nitrogen and oxygen atoms in total. The SMILES string of the molecule is CC(C)CC(=O)C1=C(O)C(=O)N(CC2(c3ccccc3)CCCC2)C1c1ccc(F)cc1. The zero-order valence-electron chi connectivity index (χ0n) is 18.7. The fourth-order valence-electron chi connectivity index (χ4n) is 5.28. The van der Waals surface area contributed by atoms with Gasteiger partial charge in [0.15, 0.2) is 11.5 Å². The lowest BCUT2D eigenvalue weighted by atomic mass is 9.78. The second kappa shape index (κ2) is 8.89. The van der Waals surface area contributed by atoms with Gasteiger partial charge < -0.3 is 10.0 Å². The molecular weight excluding hydrogens is 405 g/mol. The summed E-state index contributed by atoms with van der Waals surface area (Å²) < 4.78 is 13.7. The molecule has 0 saturated heterocycles. The first-order valence-electron chi connectivity index (χ1n) is 11.4. The first-order valence-corrected chi connectivity index (χ1v) is 11.4. The van der Waals surface area contributed by atoms with Crippen LogP contribution in [0.5, 0.6) is 0 Å². The van der Waals surface area contributed by atoms with Crippen molar-refractivity contribution in [2.45, 2.75) is 57.4 Å². The number of hydrogen-bond donors (Lipinski definition) is 1. The van der Waals surface area contributed by atoms with E-state index in [-0.39, 0.29) is 34.9 Å². The molecule has 0 aromatic heterocycles. The molecule has 32 heavy (non-hydrogen) atoms. The summed E-state index contributed by atoms with van der Waals surface area (Å²) in [5.41, 5.74) is 1.71. The highest BCUT2D eigenvalue weighted by atomic mass is 19.1. The van der Waals surface area contributed by atoms with Gasteiger partial charge in [-0.15, -0.1) is 0 Å². The summed E-state index contributed by atoms with van der Waals surface area (Å²) in [7, 11) is 0. The topological polar surface area (TPSA) is 57.6 Å². The maximum Gasteiger partial charge on any atom is 0.290 e. The molecule has 5 heteroatoms. The highest BCUT2D eigenvalue weighted by Crippen LogP contribution is 2.46. The first kappa shape index (κ1) is 22.3. The minimum atomic E-state index is -0.712. The molecule has 2 aromatic rings. The normalized spacial score (nSPS) is 20.4. The predicted octanol–water partition coefficient (Wildman–Crippen LogP) is 5.65. The van der Waals surface area contributed by atoms with Gasteiger partial charge in [0.2, 0.25) is 0 Å². The van der Waals surface area contributed by atoms with E-state index in [0.29, 0.717) is 12.1 Å². The average molecular weight is 436 g/mol. The Morgan fingerprint density at radius 1 is 1.09 bits per heavy atom. The number of ketones is 1. The van der Waals surface area contributed by atoms with Crippen molar-refractivity contribution in [3.8, 4) is 0 Å². The Morgan fingerprint density at radius 3 is 2.31 bits per heavy atom. The highest BCUT2D eigenvalue weighted by Gasteiger charge is 2.47. The average Bonchev–Trinajstić information content (AvgIpc) is 3.34. The van der Waals surface area contributed by atoms with E-state index >= 15 is 0 Å². The maximum atomic E-state index is 13.7. The molecule has 1 atom stereocenters. The molecular formula is C27H30FNO3. The fourth-order valence-corrected chi connectivity index (χ4v) is 5.28. The van der Waals surface area contributed by atoms with Crippen LogP contribution in [0.2, 0.25) is 0 Å². The lowest BCUT2D eigenvalue weighted by Gasteiger charge is -2.37. The molecule has 0 spiro atoms. The van der Waals surface area contributed by atoms with Crippen molar-refractivity contribution in [1.82, 2.24) is 4.90 Å². The quantitative estimate of drug-likeness (QED) is 0.612. The number of benzene rings is 2. The third-order valence-electron chi connectivity index (χ3n) is 6.80. The van der Waals surface area contributed by atoms with Gasteiger partial charge in [-0.2, -0.15) is 0 Å². The van der Waals surface area contributed by atoms with Crippen LogP contribution in [0.25, 0.3) is 0 Å². The van der Waals surface area contributed by atoms with Crippen LogP contribution in [0.1, 0.15) is 63.1 Å². The summed E-state index contributed by atoms with van der Waals surface area (Å²) >= 11 is 0. The Kier molecular flexibility index (Phi) is 6.18. The number of carbonyl (C=O) groups excluding carboxylic acids is 2. The minimum Gasteiger partial charge on any atom is -0.503 e. The van der Waals surface area contributed by atoms with E-state index in [2.05, 4.69) is 12.1 Å². The Balaban J connectivity index is 1.77. The molecule has 168 valence electrons. The fraction of sp³-hybridized carbons (Fsp3) is 0.407. The number of Topliss-reactive ketones (excluding diaryl/α,β-unsaturated/α-hetero) is 1. The Labute approximate surface area is 188 Å². The minimum absolute atomic E-state index is 0.0892.